The van der Waals surface area contributed by atoms with Crippen LogP contribution in [0.25, 0.3) is 0 Å². The Morgan fingerprint density at radius 3 is 1.29 bits per heavy atom. The maximum Gasteiger partial charge on any atom is 1.00 e. The average molecular weight is 516 g/mol. The Morgan fingerprint density at radius 2 is 1.29 bits per heavy atom. The van der Waals surface area contributed by atoms with Gasteiger partial charge in [-0.3, -0.25) is 9.11 Å². The minimum atomic E-state index is -2.61. The number of hydrogen-bond donors (Lipinski definition) is 2. The molecule has 2 radical (unpaired) electrons. The Balaban J connectivity index is -0.00000000750. The molecule has 2 N–H and O–H groups in total. The van der Waals surface area contributed by atoms with Crippen LogP contribution in [-0.4, -0.2) is 13.3 Å². The topological polar surface area (TPSA) is 57.5 Å². The smallest absolute Gasteiger partial charge is 1.00 e. The molecule has 0 heterocycles. The Hall–Kier alpha value is 3.19. The first-order chi connectivity index (χ1) is 1.73. The molecule has 0 amide bonds. The third-order valence-corrected chi connectivity index (χ3v) is 0. The first-order valence-electron chi connectivity index (χ1n) is 0.532. The van der Waals surface area contributed by atoms with Gasteiger partial charge in [-0.15, -0.1) is 0 Å². The SMILES string of the molecule is O=S(O)O.[Au].[Au].[H-].[K+]. The largest absolute Gasteiger partial charge is 1.00 e. The fourth-order valence-corrected chi connectivity index (χ4v) is 0. The molecule has 0 aromatic rings. The standard InChI is InChI=1S/2Au.K.H2O3S.H/c;;;1-4(2)3;/h;;;(H2,1,2,3);/q;;+1;;-1. The Labute approximate surface area is 119 Å². The molecule has 0 aliphatic rings. The van der Waals surface area contributed by atoms with Crippen LogP contribution in [-0.2, 0) is 56.1 Å². The summed E-state index contributed by atoms with van der Waals surface area (Å²) in [5.41, 5.74) is 0. The average Bonchev–Trinajstić information content (AvgIpc) is 0.811. The first-order valence-corrected chi connectivity index (χ1v) is 1.60. The zero-order valence-electron chi connectivity index (χ0n) is 4.31. The zero-order chi connectivity index (χ0) is 3.58. The van der Waals surface area contributed by atoms with Crippen molar-refractivity contribution in [2.45, 2.75) is 0 Å². The molecule has 0 atom stereocenters. The molecular weight excluding hydrogens is 513 g/mol. The maximum atomic E-state index is 8.67. The molecule has 0 fully saturated rings. The summed E-state index contributed by atoms with van der Waals surface area (Å²) in [7, 11) is 0. The van der Waals surface area contributed by atoms with Gasteiger partial charge in [0.1, 0.15) is 0 Å². The summed E-state index contributed by atoms with van der Waals surface area (Å²) < 4.78 is 22.8. The monoisotopic (exact) mass is 516 g/mol. The Kier molecular flexibility index (Phi) is 51.6. The van der Waals surface area contributed by atoms with E-state index in [1.54, 1.807) is 0 Å². The Morgan fingerprint density at radius 1 is 1.29 bits per heavy atom. The van der Waals surface area contributed by atoms with Crippen LogP contribution in [0.3, 0.4) is 0 Å². The fourth-order valence-electron chi connectivity index (χ4n) is 0. The Bertz CT molecular complexity index is 40.3. The van der Waals surface area contributed by atoms with Crippen LogP contribution in [0.4, 0.5) is 0 Å². The summed E-state index contributed by atoms with van der Waals surface area (Å²) in [6, 6.07) is 0. The van der Waals surface area contributed by atoms with E-state index in [9.17, 15) is 0 Å². The molecule has 50 valence electrons. The van der Waals surface area contributed by atoms with Crippen molar-refractivity contribution in [2.75, 3.05) is 0 Å². The van der Waals surface area contributed by atoms with E-state index in [0.29, 0.717) is 0 Å². The van der Waals surface area contributed by atoms with Crippen LogP contribution in [0.15, 0.2) is 0 Å². The molecule has 0 aliphatic carbocycles. The second-order valence-electron chi connectivity index (χ2n) is 0.231. The van der Waals surface area contributed by atoms with Gasteiger partial charge in [0.05, 0.1) is 0 Å². The van der Waals surface area contributed by atoms with E-state index in [-0.39, 0.29) is 97.6 Å². The molecule has 0 saturated carbocycles. The van der Waals surface area contributed by atoms with Crippen LogP contribution in [0.5, 0.6) is 0 Å². The summed E-state index contributed by atoms with van der Waals surface area (Å²) in [6.07, 6.45) is 0. The van der Waals surface area contributed by atoms with E-state index >= 15 is 0 Å². The van der Waals surface area contributed by atoms with Gasteiger partial charge in [-0.05, 0) is 0 Å². The molecule has 0 aromatic carbocycles. The van der Waals surface area contributed by atoms with E-state index in [0.717, 1.165) is 0 Å². The van der Waals surface area contributed by atoms with Gasteiger partial charge in [-0.2, -0.15) is 4.21 Å². The van der Waals surface area contributed by atoms with Gasteiger partial charge in [-0.25, -0.2) is 0 Å². The van der Waals surface area contributed by atoms with E-state index in [2.05, 4.69) is 0 Å². The van der Waals surface area contributed by atoms with Crippen LogP contribution in [0.1, 0.15) is 1.43 Å². The quantitative estimate of drug-likeness (QED) is 0.264. The van der Waals surface area contributed by atoms with E-state index in [1.165, 1.54) is 0 Å². The van der Waals surface area contributed by atoms with Crippen molar-refractivity contribution in [1.82, 2.24) is 0 Å². The van der Waals surface area contributed by atoms with Crippen molar-refractivity contribution < 1.29 is 111 Å². The molecule has 0 unspecified atom stereocenters. The van der Waals surface area contributed by atoms with E-state index < -0.39 is 11.4 Å². The van der Waals surface area contributed by atoms with Crippen molar-refractivity contribution in [3.63, 3.8) is 0 Å². The summed E-state index contributed by atoms with van der Waals surface area (Å²) in [5, 5.41) is 0. The molecule has 0 aliphatic heterocycles. The summed E-state index contributed by atoms with van der Waals surface area (Å²) in [4.78, 5) is 0. The van der Waals surface area contributed by atoms with Crippen LogP contribution < -0.4 is 51.4 Å². The summed E-state index contributed by atoms with van der Waals surface area (Å²) in [5.74, 6) is 0. The molecule has 0 rings (SSSR count). The second-order valence-corrected chi connectivity index (χ2v) is 0.692. The van der Waals surface area contributed by atoms with Crippen molar-refractivity contribution in [3.05, 3.63) is 0 Å². The van der Waals surface area contributed by atoms with Crippen molar-refractivity contribution in [2.24, 2.45) is 0 Å². The minimum absolute atomic E-state index is 0. The van der Waals surface area contributed by atoms with Gasteiger partial charge >= 0.3 is 51.4 Å². The molecular formula is H3Au2KO3S. The van der Waals surface area contributed by atoms with Crippen molar-refractivity contribution >= 4 is 11.4 Å². The van der Waals surface area contributed by atoms with Crippen molar-refractivity contribution in [3.8, 4) is 0 Å². The molecule has 3 nitrogen and oxygen atoms in total. The third-order valence-electron chi connectivity index (χ3n) is 0. The van der Waals surface area contributed by atoms with Gasteiger partial charge in [-0.1, -0.05) is 0 Å². The normalized spacial score (nSPS) is 5.00. The minimum Gasteiger partial charge on any atom is -1.00 e. The number of hydrogen-bond acceptors (Lipinski definition) is 1. The van der Waals surface area contributed by atoms with Crippen molar-refractivity contribution in [1.29, 1.82) is 0 Å². The van der Waals surface area contributed by atoms with Crippen LogP contribution >= 0.6 is 0 Å². The third kappa shape index (κ3) is 46.7. The summed E-state index contributed by atoms with van der Waals surface area (Å²) >= 11 is -2.61. The predicted molar refractivity (Wildman–Crippen MR) is 14.5 cm³/mol. The molecule has 0 aromatic heterocycles. The molecule has 0 saturated heterocycles. The van der Waals surface area contributed by atoms with Gasteiger partial charge in [0.2, 0.25) is 0 Å². The van der Waals surface area contributed by atoms with Crippen LogP contribution in [0.2, 0.25) is 0 Å². The molecule has 7 heteroatoms. The van der Waals surface area contributed by atoms with Gasteiger partial charge in [0.25, 0.3) is 11.4 Å². The molecule has 0 bridgehead atoms. The van der Waals surface area contributed by atoms with E-state index in [4.69, 9.17) is 13.3 Å². The molecule has 7 heavy (non-hydrogen) atoms. The molecule has 0 spiro atoms. The van der Waals surface area contributed by atoms with Crippen LogP contribution in [0, 0.1) is 0 Å². The van der Waals surface area contributed by atoms with Gasteiger partial charge < -0.3 is 1.43 Å². The fraction of sp³-hybridized carbons (Fsp3) is 0. The van der Waals surface area contributed by atoms with Gasteiger partial charge in [0.15, 0.2) is 0 Å². The zero-order valence-corrected chi connectivity index (χ0v) is 11.6. The number of rotatable bonds is 0. The predicted octanol–water partition coefficient (Wildman–Crippen LogP) is -3.21. The summed E-state index contributed by atoms with van der Waals surface area (Å²) in [6.45, 7) is 0. The van der Waals surface area contributed by atoms with E-state index in [1.807, 2.05) is 0 Å². The second kappa shape index (κ2) is 16.1. The maximum absolute atomic E-state index is 8.67. The first kappa shape index (κ1) is 22.5. The van der Waals surface area contributed by atoms with Gasteiger partial charge in [0, 0.05) is 44.8 Å².